The number of amides is 1. The van der Waals surface area contributed by atoms with E-state index in [1.807, 2.05) is 6.07 Å². The molecule has 2 N–H and O–H groups in total. The highest BCUT2D eigenvalue weighted by Crippen LogP contribution is 2.37. The largest absolute Gasteiger partial charge is 0.368 e. The van der Waals surface area contributed by atoms with Crippen LogP contribution in [0.25, 0.3) is 0 Å². The van der Waals surface area contributed by atoms with Gasteiger partial charge in [-0.25, -0.2) is 0 Å². The molecule has 1 radical (unpaired) electrons. The first-order chi connectivity index (χ1) is 13.2. The zero-order valence-electron chi connectivity index (χ0n) is 15.7. The Morgan fingerprint density at radius 1 is 1.00 bits per heavy atom. The molecule has 4 nitrogen and oxygen atoms in total. The molecule has 0 aromatic heterocycles. The first-order valence-corrected chi connectivity index (χ1v) is 9.88. The van der Waals surface area contributed by atoms with Gasteiger partial charge in [-0.2, -0.15) is 0 Å². The average molecular weight is 362 g/mol. The fourth-order valence-electron chi connectivity index (χ4n) is 4.80. The number of primary amides is 1. The smallest absolute Gasteiger partial charge is 0.235 e. The van der Waals surface area contributed by atoms with Gasteiger partial charge >= 0.3 is 0 Å². The van der Waals surface area contributed by atoms with E-state index in [4.69, 9.17) is 5.73 Å². The Morgan fingerprint density at radius 2 is 1.70 bits per heavy atom. The molecule has 0 spiro atoms. The number of carbonyl (C=O) groups is 1. The molecule has 2 heterocycles. The summed E-state index contributed by atoms with van der Waals surface area (Å²) in [7, 11) is 0. The molecule has 2 aliphatic rings. The van der Waals surface area contributed by atoms with Gasteiger partial charge in [0.15, 0.2) is 0 Å². The molecular weight excluding hydrogens is 334 g/mol. The number of benzene rings is 2. The van der Waals surface area contributed by atoms with Crippen molar-refractivity contribution in [1.82, 2.24) is 9.80 Å². The number of likely N-dealkylation sites (tertiary alicyclic amines) is 2. The van der Waals surface area contributed by atoms with Gasteiger partial charge < -0.3 is 5.73 Å². The number of hydrogen-bond donors (Lipinski definition) is 1. The number of nitrogens with two attached hydrogens (primary N) is 1. The molecule has 2 aromatic rings. The molecule has 2 aromatic carbocycles. The summed E-state index contributed by atoms with van der Waals surface area (Å²) in [5.74, 6) is 0.745. The molecule has 2 unspecified atom stereocenters. The lowest BCUT2D eigenvalue weighted by Crippen LogP contribution is -2.45. The van der Waals surface area contributed by atoms with Crippen LogP contribution in [-0.4, -0.2) is 47.9 Å². The highest BCUT2D eigenvalue weighted by atomic mass is 16.1. The highest BCUT2D eigenvalue weighted by Gasteiger charge is 2.48. The van der Waals surface area contributed by atoms with Gasteiger partial charge in [0.05, 0.1) is 6.04 Å². The summed E-state index contributed by atoms with van der Waals surface area (Å²) in [6.07, 6.45) is 3.19. The second kappa shape index (κ2) is 8.24. The summed E-state index contributed by atoms with van der Waals surface area (Å²) in [5.41, 5.74) is 8.39. The summed E-state index contributed by atoms with van der Waals surface area (Å²) in [5, 5.41) is 0. The van der Waals surface area contributed by atoms with Crippen LogP contribution >= 0.6 is 0 Å². The van der Waals surface area contributed by atoms with Crippen LogP contribution < -0.4 is 5.73 Å². The van der Waals surface area contributed by atoms with Crippen LogP contribution in [0.15, 0.2) is 60.7 Å². The van der Waals surface area contributed by atoms with E-state index in [-0.39, 0.29) is 11.9 Å². The van der Waals surface area contributed by atoms with E-state index in [0.717, 1.165) is 39.1 Å². The quantitative estimate of drug-likeness (QED) is 0.823. The van der Waals surface area contributed by atoms with Crippen molar-refractivity contribution in [3.05, 3.63) is 78.2 Å². The Morgan fingerprint density at radius 3 is 2.41 bits per heavy atom. The SMILES string of the molecule is NC(=O)C1[C@@H]2CN(Cc3ccccc3)CC2CN1CC[CH]c1ccccc1. The van der Waals surface area contributed by atoms with Gasteiger partial charge in [0.1, 0.15) is 0 Å². The lowest BCUT2D eigenvalue weighted by molar-refractivity contribution is -0.123. The standard InChI is InChI=1S/C23H28N3O/c24-23(27)22-21-17-25(14-19-10-5-2-6-11-19)15-20(21)16-26(22)13-7-12-18-8-3-1-4-9-18/h1-6,8-12,20-22H,7,13-17H2,(H2,24,27)/t20?,21-,22?/m1/s1. The topological polar surface area (TPSA) is 49.6 Å². The first kappa shape index (κ1) is 18.2. The minimum atomic E-state index is -0.163. The number of hydrogen-bond acceptors (Lipinski definition) is 3. The molecule has 2 aliphatic heterocycles. The highest BCUT2D eigenvalue weighted by molar-refractivity contribution is 5.80. The van der Waals surface area contributed by atoms with Crippen LogP contribution in [0.1, 0.15) is 17.5 Å². The second-order valence-corrected chi connectivity index (χ2v) is 7.85. The number of fused-ring (bicyclic) bond motifs is 1. The maximum Gasteiger partial charge on any atom is 0.235 e. The molecule has 3 atom stereocenters. The van der Waals surface area contributed by atoms with Gasteiger partial charge in [-0.3, -0.25) is 14.6 Å². The van der Waals surface area contributed by atoms with Gasteiger partial charge in [-0.1, -0.05) is 60.7 Å². The maximum absolute atomic E-state index is 12.2. The number of carbonyl (C=O) groups excluding carboxylic acids is 1. The van der Waals surface area contributed by atoms with Crippen LogP contribution in [0.5, 0.6) is 0 Å². The van der Waals surface area contributed by atoms with Crippen LogP contribution in [0, 0.1) is 18.3 Å². The lowest BCUT2D eigenvalue weighted by atomic mass is 9.94. The van der Waals surface area contributed by atoms with Crippen LogP contribution in [0.2, 0.25) is 0 Å². The molecule has 1 amide bonds. The van der Waals surface area contributed by atoms with Crippen molar-refractivity contribution in [2.75, 3.05) is 26.2 Å². The van der Waals surface area contributed by atoms with Gasteiger partial charge in [0.25, 0.3) is 0 Å². The molecule has 2 fully saturated rings. The minimum Gasteiger partial charge on any atom is -0.368 e. The Labute approximate surface area is 162 Å². The van der Waals surface area contributed by atoms with Gasteiger partial charge in [0.2, 0.25) is 5.91 Å². The van der Waals surface area contributed by atoms with Crippen molar-refractivity contribution in [3.8, 4) is 0 Å². The van der Waals surface area contributed by atoms with E-state index in [2.05, 4.69) is 70.8 Å². The predicted octanol–water partition coefficient (Wildman–Crippen LogP) is 2.55. The molecule has 0 bridgehead atoms. The Balaban J connectivity index is 1.33. The third-order valence-corrected chi connectivity index (χ3v) is 5.97. The van der Waals surface area contributed by atoms with Gasteiger partial charge in [0, 0.05) is 32.1 Å². The fourth-order valence-corrected chi connectivity index (χ4v) is 4.80. The van der Waals surface area contributed by atoms with Crippen molar-refractivity contribution >= 4 is 5.91 Å². The fraction of sp³-hybridized carbons (Fsp3) is 0.391. The summed E-state index contributed by atoms with van der Waals surface area (Å²) >= 11 is 0. The summed E-state index contributed by atoms with van der Waals surface area (Å²) in [6, 6.07) is 20.8. The molecule has 0 aliphatic carbocycles. The number of nitrogens with zero attached hydrogens (tertiary/aromatic N) is 2. The predicted molar refractivity (Wildman–Crippen MR) is 108 cm³/mol. The molecule has 4 heteroatoms. The summed E-state index contributed by atoms with van der Waals surface area (Å²) in [4.78, 5) is 17.0. The third-order valence-electron chi connectivity index (χ3n) is 5.97. The maximum atomic E-state index is 12.2. The van der Waals surface area contributed by atoms with E-state index >= 15 is 0 Å². The van der Waals surface area contributed by atoms with Gasteiger partial charge in [-0.15, -0.1) is 0 Å². The van der Waals surface area contributed by atoms with Crippen molar-refractivity contribution in [3.63, 3.8) is 0 Å². The molecule has 141 valence electrons. The van der Waals surface area contributed by atoms with Crippen LogP contribution in [-0.2, 0) is 11.3 Å². The number of rotatable bonds is 7. The van der Waals surface area contributed by atoms with Crippen molar-refractivity contribution in [1.29, 1.82) is 0 Å². The Hall–Kier alpha value is -2.17. The summed E-state index contributed by atoms with van der Waals surface area (Å²) in [6.45, 7) is 4.86. The zero-order chi connectivity index (χ0) is 18.6. The lowest BCUT2D eigenvalue weighted by Gasteiger charge is -2.27. The molecule has 2 saturated heterocycles. The van der Waals surface area contributed by atoms with E-state index in [0.29, 0.717) is 11.8 Å². The van der Waals surface area contributed by atoms with Crippen LogP contribution in [0.3, 0.4) is 0 Å². The van der Waals surface area contributed by atoms with Crippen LogP contribution in [0.4, 0.5) is 0 Å². The van der Waals surface area contributed by atoms with E-state index in [1.165, 1.54) is 11.1 Å². The Kier molecular flexibility index (Phi) is 5.55. The van der Waals surface area contributed by atoms with Gasteiger partial charge in [-0.05, 0) is 36.4 Å². The zero-order valence-corrected chi connectivity index (χ0v) is 15.7. The second-order valence-electron chi connectivity index (χ2n) is 7.85. The van der Waals surface area contributed by atoms with E-state index in [9.17, 15) is 4.79 Å². The average Bonchev–Trinajstić information content (AvgIpc) is 3.20. The van der Waals surface area contributed by atoms with Crippen molar-refractivity contribution in [2.24, 2.45) is 17.6 Å². The van der Waals surface area contributed by atoms with Crippen molar-refractivity contribution < 1.29 is 4.79 Å². The molecular formula is C23H28N3O. The molecule has 27 heavy (non-hydrogen) atoms. The molecule has 0 saturated carbocycles. The minimum absolute atomic E-state index is 0.125. The normalized spacial score (nSPS) is 25.6. The summed E-state index contributed by atoms with van der Waals surface area (Å²) < 4.78 is 0. The monoisotopic (exact) mass is 362 g/mol. The van der Waals surface area contributed by atoms with E-state index < -0.39 is 0 Å². The molecule has 4 rings (SSSR count). The van der Waals surface area contributed by atoms with E-state index in [1.54, 1.807) is 0 Å². The van der Waals surface area contributed by atoms with Crippen molar-refractivity contribution in [2.45, 2.75) is 19.0 Å². The Bertz CT molecular complexity index is 749. The first-order valence-electron chi connectivity index (χ1n) is 9.88. The third kappa shape index (κ3) is 4.23.